The molecule has 19 heavy (non-hydrogen) atoms. The van der Waals surface area contributed by atoms with Crippen LogP contribution in [0.5, 0.6) is 0 Å². The summed E-state index contributed by atoms with van der Waals surface area (Å²) in [7, 11) is 0. The van der Waals surface area contributed by atoms with E-state index < -0.39 is 0 Å². The van der Waals surface area contributed by atoms with Crippen LogP contribution < -0.4 is 5.32 Å². The second kappa shape index (κ2) is 7.69. The van der Waals surface area contributed by atoms with Gasteiger partial charge in [0.15, 0.2) is 0 Å². The smallest absolute Gasteiger partial charge is 0.000834 e. The van der Waals surface area contributed by atoms with Gasteiger partial charge in [-0.15, -0.1) is 0 Å². The topological polar surface area (TPSA) is 12.0 Å². The van der Waals surface area contributed by atoms with Gasteiger partial charge in [0.25, 0.3) is 0 Å². The molecule has 0 bridgehead atoms. The van der Waals surface area contributed by atoms with E-state index in [0.717, 1.165) is 13.1 Å². The Morgan fingerprint density at radius 3 is 2.37 bits per heavy atom. The lowest BCUT2D eigenvalue weighted by Crippen LogP contribution is -2.34. The average Bonchev–Trinajstić information content (AvgIpc) is 2.34. The summed E-state index contributed by atoms with van der Waals surface area (Å²) in [6.07, 6.45) is 4.94. The first-order chi connectivity index (χ1) is 9.00. The van der Waals surface area contributed by atoms with Gasteiger partial charge >= 0.3 is 0 Å². The van der Waals surface area contributed by atoms with E-state index in [-0.39, 0.29) is 0 Å². The lowest BCUT2D eigenvalue weighted by Gasteiger charge is -2.30. The Morgan fingerprint density at radius 2 is 1.79 bits per heavy atom. The van der Waals surface area contributed by atoms with Gasteiger partial charge in [-0.2, -0.15) is 0 Å². The van der Waals surface area contributed by atoms with Crippen molar-refractivity contribution in [3.8, 4) is 0 Å². The van der Waals surface area contributed by atoms with Crippen LogP contribution in [0.4, 0.5) is 0 Å². The summed E-state index contributed by atoms with van der Waals surface area (Å²) in [4.78, 5) is 0. The van der Waals surface area contributed by atoms with Crippen molar-refractivity contribution in [2.24, 2.45) is 5.41 Å². The zero-order valence-corrected chi connectivity index (χ0v) is 13.5. The minimum Gasteiger partial charge on any atom is -0.316 e. The molecule has 0 amide bonds. The fraction of sp³-hybridized carbons (Fsp3) is 0.667. The maximum atomic E-state index is 3.61. The van der Waals surface area contributed by atoms with E-state index in [0.29, 0.717) is 5.41 Å². The molecule has 108 valence electrons. The highest BCUT2D eigenvalue weighted by Crippen LogP contribution is 2.28. The molecular formula is C18H31N. The van der Waals surface area contributed by atoms with E-state index >= 15 is 0 Å². The predicted molar refractivity (Wildman–Crippen MR) is 85.8 cm³/mol. The van der Waals surface area contributed by atoms with Crippen LogP contribution in [0.25, 0.3) is 0 Å². The Balaban J connectivity index is 2.72. The van der Waals surface area contributed by atoms with Crippen LogP contribution in [0.3, 0.4) is 0 Å². The van der Waals surface area contributed by atoms with Crippen LogP contribution in [0.15, 0.2) is 18.2 Å². The van der Waals surface area contributed by atoms with Crippen molar-refractivity contribution in [1.82, 2.24) is 5.32 Å². The number of hydrogen-bond donors (Lipinski definition) is 1. The minimum atomic E-state index is 0.381. The van der Waals surface area contributed by atoms with Gasteiger partial charge in [-0.05, 0) is 61.8 Å². The molecule has 0 saturated heterocycles. The summed E-state index contributed by atoms with van der Waals surface area (Å²) in [5.41, 5.74) is 4.67. The minimum absolute atomic E-state index is 0.381. The third-order valence-corrected chi connectivity index (χ3v) is 4.03. The van der Waals surface area contributed by atoms with Gasteiger partial charge < -0.3 is 5.32 Å². The summed E-state index contributed by atoms with van der Waals surface area (Å²) in [6, 6.07) is 6.93. The van der Waals surface area contributed by atoms with Crippen LogP contribution in [0.2, 0.25) is 0 Å². The SMILES string of the molecule is CCCNCC(C)(CCC)Cc1ccc(C)c(C)c1. The first-order valence-corrected chi connectivity index (χ1v) is 7.77. The molecule has 1 aromatic rings. The quantitative estimate of drug-likeness (QED) is 0.672. The second-order valence-corrected chi connectivity index (χ2v) is 6.33. The van der Waals surface area contributed by atoms with Crippen LogP contribution in [-0.2, 0) is 6.42 Å². The number of hydrogen-bond acceptors (Lipinski definition) is 1. The lowest BCUT2D eigenvalue weighted by molar-refractivity contribution is 0.275. The molecule has 1 nitrogen and oxygen atoms in total. The van der Waals surface area contributed by atoms with Crippen LogP contribution >= 0.6 is 0 Å². The summed E-state index contributed by atoms with van der Waals surface area (Å²) >= 11 is 0. The van der Waals surface area contributed by atoms with E-state index in [1.807, 2.05) is 0 Å². The van der Waals surface area contributed by atoms with Gasteiger partial charge in [0.05, 0.1) is 0 Å². The van der Waals surface area contributed by atoms with Gasteiger partial charge in [-0.25, -0.2) is 0 Å². The van der Waals surface area contributed by atoms with E-state index in [4.69, 9.17) is 0 Å². The van der Waals surface area contributed by atoms with Gasteiger partial charge in [-0.3, -0.25) is 0 Å². The fourth-order valence-corrected chi connectivity index (χ4v) is 2.82. The van der Waals surface area contributed by atoms with Gasteiger partial charge in [0.2, 0.25) is 0 Å². The Labute approximate surface area is 119 Å². The van der Waals surface area contributed by atoms with Crippen molar-refractivity contribution < 1.29 is 0 Å². The van der Waals surface area contributed by atoms with E-state index in [9.17, 15) is 0 Å². The number of nitrogens with one attached hydrogen (secondary N) is 1. The highest BCUT2D eigenvalue weighted by Gasteiger charge is 2.23. The maximum Gasteiger partial charge on any atom is 0.000834 e. The molecule has 0 heterocycles. The number of rotatable bonds is 8. The number of benzene rings is 1. The Hall–Kier alpha value is -0.820. The zero-order valence-electron chi connectivity index (χ0n) is 13.5. The van der Waals surface area contributed by atoms with Crippen molar-refractivity contribution in [2.45, 2.75) is 60.3 Å². The third kappa shape index (κ3) is 5.36. The molecule has 0 aliphatic rings. The van der Waals surface area contributed by atoms with Crippen molar-refractivity contribution in [2.75, 3.05) is 13.1 Å². The largest absolute Gasteiger partial charge is 0.316 e. The molecule has 0 fully saturated rings. The first kappa shape index (κ1) is 16.2. The molecule has 0 saturated carbocycles. The summed E-state index contributed by atoms with van der Waals surface area (Å²) in [6.45, 7) is 13.6. The van der Waals surface area contributed by atoms with Crippen LogP contribution in [0.1, 0.15) is 56.7 Å². The summed E-state index contributed by atoms with van der Waals surface area (Å²) < 4.78 is 0. The van der Waals surface area contributed by atoms with Gasteiger partial charge in [0.1, 0.15) is 0 Å². The van der Waals surface area contributed by atoms with Crippen molar-refractivity contribution in [3.05, 3.63) is 34.9 Å². The van der Waals surface area contributed by atoms with Crippen molar-refractivity contribution in [3.63, 3.8) is 0 Å². The normalized spacial score (nSPS) is 14.4. The van der Waals surface area contributed by atoms with E-state index in [2.05, 4.69) is 58.1 Å². The molecule has 0 aliphatic heterocycles. The maximum absolute atomic E-state index is 3.61. The molecule has 0 aliphatic carbocycles. The molecular weight excluding hydrogens is 230 g/mol. The molecule has 1 atom stereocenters. The van der Waals surface area contributed by atoms with E-state index in [1.54, 1.807) is 0 Å². The van der Waals surface area contributed by atoms with Gasteiger partial charge in [0, 0.05) is 6.54 Å². The van der Waals surface area contributed by atoms with Crippen molar-refractivity contribution in [1.29, 1.82) is 0 Å². The summed E-state index contributed by atoms with van der Waals surface area (Å²) in [5.74, 6) is 0. The predicted octanol–water partition coefficient (Wildman–Crippen LogP) is 4.65. The standard InChI is InChI=1S/C18H31N/c1-6-10-18(5,14-19-11-7-2)13-17-9-8-15(3)16(4)12-17/h8-9,12,19H,6-7,10-11,13-14H2,1-5H3. The second-order valence-electron chi connectivity index (χ2n) is 6.33. The highest BCUT2D eigenvalue weighted by molar-refractivity contribution is 5.30. The molecule has 1 aromatic carbocycles. The summed E-state index contributed by atoms with van der Waals surface area (Å²) in [5, 5.41) is 3.61. The monoisotopic (exact) mass is 261 g/mol. The molecule has 1 rings (SSSR count). The average molecular weight is 261 g/mol. The van der Waals surface area contributed by atoms with Crippen LogP contribution in [-0.4, -0.2) is 13.1 Å². The fourth-order valence-electron chi connectivity index (χ4n) is 2.82. The lowest BCUT2D eigenvalue weighted by atomic mass is 9.79. The van der Waals surface area contributed by atoms with Crippen LogP contribution in [0, 0.1) is 19.3 Å². The Kier molecular flexibility index (Phi) is 6.57. The molecule has 1 heteroatoms. The Bertz CT molecular complexity index is 383. The third-order valence-electron chi connectivity index (χ3n) is 4.03. The molecule has 0 radical (unpaired) electrons. The molecule has 1 N–H and O–H groups in total. The molecule has 0 spiro atoms. The van der Waals surface area contributed by atoms with Gasteiger partial charge in [-0.1, -0.05) is 45.4 Å². The first-order valence-electron chi connectivity index (χ1n) is 7.77. The molecule has 0 aromatic heterocycles. The zero-order chi connectivity index (χ0) is 14.3. The van der Waals surface area contributed by atoms with E-state index in [1.165, 1.54) is 42.4 Å². The molecule has 1 unspecified atom stereocenters. The van der Waals surface area contributed by atoms with Crippen molar-refractivity contribution >= 4 is 0 Å². The highest BCUT2D eigenvalue weighted by atomic mass is 14.9. The number of aryl methyl sites for hydroxylation is 2. The Morgan fingerprint density at radius 1 is 1.05 bits per heavy atom.